The van der Waals surface area contributed by atoms with Crippen LogP contribution in [0.3, 0.4) is 0 Å². The number of anilines is 1. The average Bonchev–Trinajstić information content (AvgIpc) is 3.13. The number of aromatic nitrogens is 2. The Morgan fingerprint density at radius 1 is 1.00 bits per heavy atom. The quantitative estimate of drug-likeness (QED) is 0.634. The molecule has 124 valence electrons. The van der Waals surface area contributed by atoms with Crippen molar-refractivity contribution in [3.63, 3.8) is 0 Å². The van der Waals surface area contributed by atoms with Crippen molar-refractivity contribution in [2.24, 2.45) is 0 Å². The molecule has 0 aliphatic heterocycles. The Labute approximate surface area is 143 Å². The number of H-pyrrole nitrogens is 1. The van der Waals surface area contributed by atoms with E-state index in [1.54, 1.807) is 6.33 Å². The van der Waals surface area contributed by atoms with Crippen molar-refractivity contribution in [3.05, 3.63) is 72.8 Å². The third kappa shape index (κ3) is 4.38. The zero-order valence-corrected chi connectivity index (χ0v) is 14.0. The van der Waals surface area contributed by atoms with E-state index in [1.165, 1.54) is 12.1 Å². The van der Waals surface area contributed by atoms with Crippen molar-refractivity contribution < 1.29 is 4.74 Å². The van der Waals surface area contributed by atoms with Gasteiger partial charge >= 0.3 is 0 Å². The Kier molecular flexibility index (Phi) is 5.51. The van der Waals surface area contributed by atoms with E-state index in [1.807, 2.05) is 48.7 Å². The van der Waals surface area contributed by atoms with Gasteiger partial charge in [0.15, 0.2) is 0 Å². The van der Waals surface area contributed by atoms with Gasteiger partial charge in [-0.25, -0.2) is 4.98 Å². The number of nitrogens with one attached hydrogen (secondary N) is 1. The van der Waals surface area contributed by atoms with Gasteiger partial charge in [0.1, 0.15) is 11.5 Å². The smallest absolute Gasteiger partial charge is 0.127 e. The lowest BCUT2D eigenvalue weighted by molar-refractivity contribution is 0.482. The van der Waals surface area contributed by atoms with Gasteiger partial charge in [-0.3, -0.25) is 0 Å². The first-order chi connectivity index (χ1) is 11.8. The molecule has 0 spiro atoms. The molecule has 0 radical (unpaired) electrons. The molecule has 24 heavy (non-hydrogen) atoms. The summed E-state index contributed by atoms with van der Waals surface area (Å²) in [7, 11) is 0. The fourth-order valence-corrected chi connectivity index (χ4v) is 2.57. The number of benzene rings is 2. The Morgan fingerprint density at radius 2 is 1.75 bits per heavy atom. The number of imidazole rings is 1. The van der Waals surface area contributed by atoms with Crippen LogP contribution in [0.5, 0.6) is 11.5 Å². The second kappa shape index (κ2) is 8.20. The van der Waals surface area contributed by atoms with Crippen molar-refractivity contribution >= 4 is 5.69 Å². The molecular weight excluding hydrogens is 298 g/mol. The van der Waals surface area contributed by atoms with Crippen LogP contribution in [-0.2, 0) is 6.54 Å². The lowest BCUT2D eigenvalue weighted by Crippen LogP contribution is -2.23. The molecule has 1 heterocycles. The summed E-state index contributed by atoms with van der Waals surface area (Å²) in [6.45, 7) is 4.07. The van der Waals surface area contributed by atoms with Crippen LogP contribution in [-0.4, -0.2) is 16.5 Å². The van der Waals surface area contributed by atoms with Crippen LogP contribution in [0, 0.1) is 0 Å². The van der Waals surface area contributed by atoms with E-state index in [4.69, 9.17) is 4.74 Å². The zero-order chi connectivity index (χ0) is 16.6. The van der Waals surface area contributed by atoms with E-state index in [9.17, 15) is 0 Å². The Balaban J connectivity index is 1.70. The van der Waals surface area contributed by atoms with Crippen molar-refractivity contribution in [2.75, 3.05) is 11.4 Å². The molecule has 2 aromatic carbocycles. The maximum absolute atomic E-state index is 5.87. The molecule has 0 aliphatic carbocycles. The molecule has 4 heteroatoms. The standard InChI is InChI=1S/C20H23N3O/c1-2-3-13-23(15-17-14-21-16-22-17)18-9-11-20(12-10-18)24-19-7-5-4-6-8-19/h4-12,14,16H,2-3,13,15H2,1H3,(H,21,22). The molecule has 0 saturated heterocycles. The number of unbranched alkanes of at least 4 members (excludes halogenated alkanes) is 1. The minimum absolute atomic E-state index is 0.832. The first kappa shape index (κ1) is 16.1. The number of rotatable bonds is 8. The second-order valence-corrected chi connectivity index (χ2v) is 5.76. The van der Waals surface area contributed by atoms with Gasteiger partial charge in [0.2, 0.25) is 0 Å². The number of para-hydroxylation sites is 1. The van der Waals surface area contributed by atoms with Gasteiger partial charge in [0, 0.05) is 18.4 Å². The second-order valence-electron chi connectivity index (χ2n) is 5.76. The van der Waals surface area contributed by atoms with Crippen LogP contribution in [0.2, 0.25) is 0 Å². The summed E-state index contributed by atoms with van der Waals surface area (Å²) in [5.74, 6) is 1.70. The maximum atomic E-state index is 5.87. The summed E-state index contributed by atoms with van der Waals surface area (Å²) >= 11 is 0. The van der Waals surface area contributed by atoms with E-state index in [-0.39, 0.29) is 0 Å². The fraction of sp³-hybridized carbons (Fsp3) is 0.250. The molecule has 0 fully saturated rings. The van der Waals surface area contributed by atoms with E-state index >= 15 is 0 Å². The molecule has 1 N–H and O–H groups in total. The third-order valence-electron chi connectivity index (χ3n) is 3.88. The normalized spacial score (nSPS) is 10.5. The van der Waals surface area contributed by atoms with Gasteiger partial charge in [-0.05, 0) is 42.8 Å². The molecule has 3 aromatic rings. The summed E-state index contributed by atoms with van der Waals surface area (Å²) in [4.78, 5) is 9.65. The van der Waals surface area contributed by atoms with E-state index in [0.717, 1.165) is 36.7 Å². The minimum Gasteiger partial charge on any atom is -0.457 e. The highest BCUT2D eigenvalue weighted by molar-refractivity contribution is 5.49. The summed E-state index contributed by atoms with van der Waals surface area (Å²) < 4.78 is 5.87. The lowest BCUT2D eigenvalue weighted by atomic mass is 10.2. The Bertz CT molecular complexity index is 708. The lowest BCUT2D eigenvalue weighted by Gasteiger charge is -2.24. The van der Waals surface area contributed by atoms with Gasteiger partial charge < -0.3 is 14.6 Å². The molecule has 0 saturated carbocycles. The van der Waals surface area contributed by atoms with Crippen molar-refractivity contribution in [2.45, 2.75) is 26.3 Å². The predicted molar refractivity (Wildman–Crippen MR) is 97.5 cm³/mol. The van der Waals surface area contributed by atoms with E-state index in [2.05, 4.69) is 33.9 Å². The van der Waals surface area contributed by atoms with Gasteiger partial charge in [0.25, 0.3) is 0 Å². The summed E-state index contributed by atoms with van der Waals surface area (Å²) in [6, 6.07) is 18.1. The largest absolute Gasteiger partial charge is 0.457 e. The van der Waals surface area contributed by atoms with Crippen LogP contribution in [0.25, 0.3) is 0 Å². The van der Waals surface area contributed by atoms with E-state index in [0.29, 0.717) is 0 Å². The molecule has 0 aliphatic rings. The number of ether oxygens (including phenoxy) is 1. The topological polar surface area (TPSA) is 41.2 Å². The van der Waals surface area contributed by atoms with Crippen molar-refractivity contribution in [1.29, 1.82) is 0 Å². The summed E-state index contributed by atoms with van der Waals surface area (Å²) in [5, 5.41) is 0. The van der Waals surface area contributed by atoms with Gasteiger partial charge in [-0.15, -0.1) is 0 Å². The predicted octanol–water partition coefficient (Wildman–Crippen LogP) is 5.01. The highest BCUT2D eigenvalue weighted by atomic mass is 16.5. The Hall–Kier alpha value is -2.75. The molecule has 0 bridgehead atoms. The number of hydrogen-bond donors (Lipinski definition) is 1. The van der Waals surface area contributed by atoms with Crippen LogP contribution in [0.4, 0.5) is 5.69 Å². The average molecular weight is 321 g/mol. The van der Waals surface area contributed by atoms with Crippen LogP contribution in [0.1, 0.15) is 25.5 Å². The van der Waals surface area contributed by atoms with Crippen molar-refractivity contribution in [1.82, 2.24) is 9.97 Å². The first-order valence-corrected chi connectivity index (χ1v) is 8.40. The van der Waals surface area contributed by atoms with Crippen LogP contribution < -0.4 is 9.64 Å². The first-order valence-electron chi connectivity index (χ1n) is 8.40. The monoisotopic (exact) mass is 321 g/mol. The van der Waals surface area contributed by atoms with E-state index < -0.39 is 0 Å². The molecular formula is C20H23N3O. The third-order valence-corrected chi connectivity index (χ3v) is 3.88. The molecule has 1 aromatic heterocycles. The van der Waals surface area contributed by atoms with Gasteiger partial charge in [0.05, 0.1) is 18.6 Å². The highest BCUT2D eigenvalue weighted by Gasteiger charge is 2.08. The molecule has 4 nitrogen and oxygen atoms in total. The molecule has 0 unspecified atom stereocenters. The van der Waals surface area contributed by atoms with Crippen molar-refractivity contribution in [3.8, 4) is 11.5 Å². The SMILES string of the molecule is CCCCN(Cc1cnc[nH]1)c1ccc(Oc2ccccc2)cc1. The number of nitrogens with zero attached hydrogens (tertiary/aromatic N) is 2. The summed E-state index contributed by atoms with van der Waals surface area (Å²) in [5.41, 5.74) is 2.31. The van der Waals surface area contributed by atoms with Gasteiger partial charge in [-0.2, -0.15) is 0 Å². The maximum Gasteiger partial charge on any atom is 0.127 e. The highest BCUT2D eigenvalue weighted by Crippen LogP contribution is 2.25. The summed E-state index contributed by atoms with van der Waals surface area (Å²) in [6.07, 6.45) is 5.95. The zero-order valence-electron chi connectivity index (χ0n) is 14.0. The molecule has 0 atom stereocenters. The number of hydrogen-bond acceptors (Lipinski definition) is 3. The minimum atomic E-state index is 0.832. The molecule has 3 rings (SSSR count). The van der Waals surface area contributed by atoms with Gasteiger partial charge in [-0.1, -0.05) is 31.5 Å². The van der Waals surface area contributed by atoms with Crippen LogP contribution >= 0.6 is 0 Å². The fourth-order valence-electron chi connectivity index (χ4n) is 2.57. The van der Waals surface area contributed by atoms with Crippen LogP contribution in [0.15, 0.2) is 67.1 Å². The Morgan fingerprint density at radius 3 is 2.42 bits per heavy atom. The molecule has 0 amide bonds. The number of aromatic amines is 1.